The first-order valence-electron chi connectivity index (χ1n) is 5.44. The van der Waals surface area contributed by atoms with Gasteiger partial charge >= 0.3 is 5.97 Å². The molecule has 0 aliphatic carbocycles. The number of esters is 1. The van der Waals surface area contributed by atoms with Crippen molar-refractivity contribution in [1.82, 2.24) is 4.98 Å². The number of nitrogens with one attached hydrogen (secondary N) is 1. The second-order valence-corrected chi connectivity index (χ2v) is 3.61. The fraction of sp³-hybridized carbons (Fsp3) is 0.364. The zero-order valence-corrected chi connectivity index (χ0v) is 10.3. The third-order valence-electron chi connectivity index (χ3n) is 2.27. The smallest absolute Gasteiger partial charge is 0.340 e. The third kappa shape index (κ3) is 3.09. The highest BCUT2D eigenvalue weighted by Crippen LogP contribution is 2.21. The summed E-state index contributed by atoms with van der Waals surface area (Å²) in [5.74, 6) is -0.850. The highest BCUT2D eigenvalue weighted by molar-refractivity contribution is 5.98. The van der Waals surface area contributed by atoms with E-state index in [1.54, 1.807) is 13.8 Å². The number of primary amides is 1. The lowest BCUT2D eigenvalue weighted by molar-refractivity contribution is -0.118. The van der Waals surface area contributed by atoms with E-state index in [-0.39, 0.29) is 23.7 Å². The van der Waals surface area contributed by atoms with Crippen molar-refractivity contribution in [2.24, 2.45) is 5.73 Å². The van der Waals surface area contributed by atoms with Gasteiger partial charge in [-0.15, -0.1) is 0 Å². The van der Waals surface area contributed by atoms with Crippen molar-refractivity contribution in [3.63, 3.8) is 0 Å². The molecule has 7 nitrogen and oxygen atoms in total. The lowest BCUT2D eigenvalue weighted by Crippen LogP contribution is -2.33. The van der Waals surface area contributed by atoms with Gasteiger partial charge in [0.1, 0.15) is 6.04 Å². The zero-order valence-electron chi connectivity index (χ0n) is 10.3. The van der Waals surface area contributed by atoms with Gasteiger partial charge in [-0.05, 0) is 19.9 Å². The van der Waals surface area contributed by atoms with Gasteiger partial charge in [0.2, 0.25) is 5.91 Å². The minimum absolute atomic E-state index is 0.129. The first kappa shape index (κ1) is 13.8. The van der Waals surface area contributed by atoms with E-state index in [1.165, 1.54) is 12.3 Å². The summed E-state index contributed by atoms with van der Waals surface area (Å²) in [5.41, 5.74) is 11.2. The second-order valence-electron chi connectivity index (χ2n) is 3.61. The van der Waals surface area contributed by atoms with Crippen LogP contribution in [0, 0.1) is 0 Å². The molecule has 0 saturated carbocycles. The Morgan fingerprint density at radius 3 is 2.78 bits per heavy atom. The largest absolute Gasteiger partial charge is 0.462 e. The van der Waals surface area contributed by atoms with Crippen molar-refractivity contribution in [1.29, 1.82) is 0 Å². The Morgan fingerprint density at radius 1 is 1.56 bits per heavy atom. The Labute approximate surface area is 105 Å². The van der Waals surface area contributed by atoms with Crippen molar-refractivity contribution in [3.05, 3.63) is 17.8 Å². The molecule has 0 aliphatic heterocycles. The second kappa shape index (κ2) is 5.85. The molecule has 5 N–H and O–H groups in total. The molecule has 1 rings (SSSR count). The molecule has 1 aromatic heterocycles. The number of nitrogens with zero attached hydrogens (tertiary/aromatic N) is 1. The van der Waals surface area contributed by atoms with Gasteiger partial charge in [-0.1, -0.05) is 0 Å². The molecule has 1 amide bonds. The summed E-state index contributed by atoms with van der Waals surface area (Å²) >= 11 is 0. The van der Waals surface area contributed by atoms with E-state index < -0.39 is 17.9 Å². The van der Waals surface area contributed by atoms with E-state index in [0.717, 1.165) is 0 Å². The van der Waals surface area contributed by atoms with Crippen LogP contribution in [0.1, 0.15) is 24.2 Å². The van der Waals surface area contributed by atoms with Crippen LogP contribution in [0.15, 0.2) is 12.3 Å². The van der Waals surface area contributed by atoms with Gasteiger partial charge in [0.15, 0.2) is 5.82 Å². The summed E-state index contributed by atoms with van der Waals surface area (Å²) < 4.78 is 4.85. The van der Waals surface area contributed by atoms with Gasteiger partial charge in [-0.25, -0.2) is 9.78 Å². The SMILES string of the molecule is CCOC(=O)c1ccnc(NC(C)C(N)=O)c1N. The van der Waals surface area contributed by atoms with E-state index in [1.807, 2.05) is 0 Å². The maximum atomic E-state index is 11.6. The van der Waals surface area contributed by atoms with Crippen LogP contribution in [0.4, 0.5) is 11.5 Å². The molecule has 1 aromatic rings. The first-order chi connectivity index (χ1) is 8.47. The molecule has 1 unspecified atom stereocenters. The molecule has 7 heteroatoms. The number of carbonyl (C=O) groups is 2. The van der Waals surface area contributed by atoms with Gasteiger partial charge in [0.05, 0.1) is 17.9 Å². The predicted molar refractivity (Wildman–Crippen MR) is 66.9 cm³/mol. The zero-order chi connectivity index (χ0) is 13.7. The van der Waals surface area contributed by atoms with Gasteiger partial charge in [0.25, 0.3) is 0 Å². The van der Waals surface area contributed by atoms with E-state index in [2.05, 4.69) is 10.3 Å². The molecule has 0 radical (unpaired) electrons. The molecule has 0 fully saturated rings. The molecule has 1 atom stereocenters. The highest BCUT2D eigenvalue weighted by Gasteiger charge is 2.17. The maximum absolute atomic E-state index is 11.6. The van der Waals surface area contributed by atoms with Gasteiger partial charge in [0, 0.05) is 6.20 Å². The third-order valence-corrected chi connectivity index (χ3v) is 2.27. The molecule has 1 heterocycles. The fourth-order valence-electron chi connectivity index (χ4n) is 1.25. The number of rotatable bonds is 5. The van der Waals surface area contributed by atoms with Crippen LogP contribution in [0.3, 0.4) is 0 Å². The summed E-state index contributed by atoms with van der Waals surface area (Å²) in [6, 6.07) is 0.810. The predicted octanol–water partition coefficient (Wildman–Crippen LogP) is 0.126. The average Bonchev–Trinajstić information content (AvgIpc) is 2.31. The molecule has 0 saturated heterocycles. The minimum atomic E-state index is -0.641. The highest BCUT2D eigenvalue weighted by atomic mass is 16.5. The summed E-state index contributed by atoms with van der Waals surface area (Å²) in [7, 11) is 0. The molecular weight excluding hydrogens is 236 g/mol. The number of aromatic nitrogens is 1. The summed E-state index contributed by atoms with van der Waals surface area (Å²) in [6.07, 6.45) is 1.40. The van der Waals surface area contributed by atoms with Crippen LogP contribution >= 0.6 is 0 Å². The lowest BCUT2D eigenvalue weighted by Gasteiger charge is -2.14. The monoisotopic (exact) mass is 252 g/mol. The Kier molecular flexibility index (Phi) is 4.47. The summed E-state index contributed by atoms with van der Waals surface area (Å²) in [4.78, 5) is 26.5. The Balaban J connectivity index is 2.98. The average molecular weight is 252 g/mol. The molecular formula is C11H16N4O3. The van der Waals surface area contributed by atoms with Crippen LogP contribution < -0.4 is 16.8 Å². The Hall–Kier alpha value is -2.31. The number of hydrogen-bond acceptors (Lipinski definition) is 6. The van der Waals surface area contributed by atoms with Crippen molar-refractivity contribution in [2.45, 2.75) is 19.9 Å². The number of pyridine rings is 1. The molecule has 0 bridgehead atoms. The number of hydrogen-bond donors (Lipinski definition) is 3. The molecule has 0 aliphatic rings. The fourth-order valence-corrected chi connectivity index (χ4v) is 1.25. The van der Waals surface area contributed by atoms with Crippen molar-refractivity contribution < 1.29 is 14.3 Å². The van der Waals surface area contributed by atoms with Gasteiger partial charge < -0.3 is 21.5 Å². The first-order valence-corrected chi connectivity index (χ1v) is 5.44. The van der Waals surface area contributed by atoms with E-state index >= 15 is 0 Å². The van der Waals surface area contributed by atoms with Crippen LogP contribution in [0.2, 0.25) is 0 Å². The number of amides is 1. The summed E-state index contributed by atoms with van der Waals surface area (Å²) in [5, 5.41) is 2.73. The Morgan fingerprint density at radius 2 is 2.22 bits per heavy atom. The van der Waals surface area contributed by atoms with Crippen molar-refractivity contribution >= 4 is 23.4 Å². The van der Waals surface area contributed by atoms with Crippen molar-refractivity contribution in [3.8, 4) is 0 Å². The molecule has 0 aromatic carbocycles. The van der Waals surface area contributed by atoms with E-state index in [0.29, 0.717) is 0 Å². The molecule has 18 heavy (non-hydrogen) atoms. The number of carbonyl (C=O) groups excluding carboxylic acids is 2. The van der Waals surface area contributed by atoms with Crippen LogP contribution in [-0.2, 0) is 9.53 Å². The molecule has 98 valence electrons. The normalized spacial score (nSPS) is 11.7. The molecule has 0 spiro atoms. The number of nitrogens with two attached hydrogens (primary N) is 2. The quantitative estimate of drug-likeness (QED) is 0.640. The van der Waals surface area contributed by atoms with E-state index in [4.69, 9.17) is 16.2 Å². The van der Waals surface area contributed by atoms with Gasteiger partial charge in [-0.3, -0.25) is 4.79 Å². The number of nitrogen functional groups attached to an aromatic ring is 1. The summed E-state index contributed by atoms with van der Waals surface area (Å²) in [6.45, 7) is 3.52. The van der Waals surface area contributed by atoms with Crippen LogP contribution in [-0.4, -0.2) is 29.5 Å². The lowest BCUT2D eigenvalue weighted by atomic mass is 10.2. The topological polar surface area (TPSA) is 120 Å². The van der Waals surface area contributed by atoms with E-state index in [9.17, 15) is 9.59 Å². The number of anilines is 2. The standard InChI is InChI=1S/C11H16N4O3/c1-3-18-11(17)7-4-5-14-10(8(7)12)15-6(2)9(13)16/h4-6H,3,12H2,1-2H3,(H2,13,16)(H,14,15). The van der Waals surface area contributed by atoms with Crippen LogP contribution in [0.25, 0.3) is 0 Å². The maximum Gasteiger partial charge on any atom is 0.340 e. The number of ether oxygens (including phenoxy) is 1. The van der Waals surface area contributed by atoms with Crippen LogP contribution in [0.5, 0.6) is 0 Å². The minimum Gasteiger partial charge on any atom is -0.462 e. The van der Waals surface area contributed by atoms with Gasteiger partial charge in [-0.2, -0.15) is 0 Å². The Bertz CT molecular complexity index is 462. The van der Waals surface area contributed by atoms with Crippen molar-refractivity contribution in [2.75, 3.05) is 17.7 Å².